The van der Waals surface area contributed by atoms with Gasteiger partial charge in [-0.3, -0.25) is 0 Å². The van der Waals surface area contributed by atoms with Crippen molar-refractivity contribution in [3.8, 4) is 0 Å². The Kier molecular flexibility index (Phi) is 2.97. The highest BCUT2D eigenvalue weighted by molar-refractivity contribution is 5.47. The van der Waals surface area contributed by atoms with Crippen molar-refractivity contribution in [1.82, 2.24) is 0 Å². The largest absolute Gasteiger partial charge is 0.393 e. The Bertz CT molecular complexity index is 585. The van der Waals surface area contributed by atoms with E-state index in [1.54, 1.807) is 0 Å². The van der Waals surface area contributed by atoms with E-state index in [0.29, 0.717) is 23.4 Å². The Morgan fingerprint density at radius 2 is 2.10 bits per heavy atom. The number of benzene rings is 1. The van der Waals surface area contributed by atoms with E-state index in [2.05, 4.69) is 18.2 Å². The first kappa shape index (κ1) is 13.4. The van der Waals surface area contributed by atoms with Crippen LogP contribution in [0.1, 0.15) is 56.1 Å². The van der Waals surface area contributed by atoms with Gasteiger partial charge in [-0.25, -0.2) is 0 Å². The summed E-state index contributed by atoms with van der Waals surface area (Å²) in [6.07, 6.45) is 6.62. The average molecular weight is 285 g/mol. The van der Waals surface area contributed by atoms with Gasteiger partial charge in [0.2, 0.25) is 0 Å². The molecule has 21 heavy (non-hydrogen) atoms. The fourth-order valence-corrected chi connectivity index (χ4v) is 5.60. The zero-order chi connectivity index (χ0) is 14.6. The third kappa shape index (κ3) is 1.83. The van der Waals surface area contributed by atoms with E-state index < -0.39 is 0 Å². The molecule has 3 heteroatoms. The number of aliphatic hydroxyl groups excluding tert-OH is 1. The zero-order valence-corrected chi connectivity index (χ0v) is 12.6. The predicted molar refractivity (Wildman–Crippen MR) is 82.5 cm³/mol. The van der Waals surface area contributed by atoms with Gasteiger partial charge in [0, 0.05) is 0 Å². The second-order valence-electron chi connectivity index (χ2n) is 7.53. The topological polar surface area (TPSA) is 49.7 Å². The molecule has 1 N–H and O–H groups in total. The van der Waals surface area contributed by atoms with Crippen LogP contribution in [0.2, 0.25) is 0 Å². The summed E-state index contributed by atoms with van der Waals surface area (Å²) in [6, 6.07) is 5.98. The molecule has 0 spiro atoms. The number of rotatable bonds is 1. The highest BCUT2D eigenvalue weighted by Crippen LogP contribution is 2.60. The summed E-state index contributed by atoms with van der Waals surface area (Å²) in [6.45, 7) is 2.31. The van der Waals surface area contributed by atoms with Crippen molar-refractivity contribution in [2.24, 2.45) is 22.4 Å². The first-order chi connectivity index (χ1) is 10.1. The molecule has 3 aliphatic carbocycles. The van der Waals surface area contributed by atoms with Crippen molar-refractivity contribution in [2.75, 3.05) is 0 Å². The third-order valence-electron chi connectivity index (χ3n) is 6.77. The van der Waals surface area contributed by atoms with Crippen LogP contribution >= 0.6 is 0 Å². The molecule has 0 aromatic heterocycles. The second kappa shape index (κ2) is 4.64. The van der Waals surface area contributed by atoms with E-state index in [0.717, 1.165) is 19.3 Å². The van der Waals surface area contributed by atoms with E-state index >= 15 is 0 Å². The van der Waals surface area contributed by atoms with Crippen molar-refractivity contribution in [3.63, 3.8) is 0 Å². The van der Waals surface area contributed by atoms with Crippen LogP contribution < -0.4 is 0 Å². The maximum atomic E-state index is 10.7. The van der Waals surface area contributed by atoms with Crippen molar-refractivity contribution < 1.29 is 5.11 Å². The molecule has 0 saturated heterocycles. The monoisotopic (exact) mass is 285 g/mol. The van der Waals surface area contributed by atoms with Gasteiger partial charge in [-0.1, -0.05) is 13.0 Å². The van der Waals surface area contributed by atoms with Crippen molar-refractivity contribution in [3.05, 3.63) is 34.2 Å². The Morgan fingerprint density at radius 1 is 1.24 bits per heavy atom. The molecule has 2 saturated carbocycles. The van der Waals surface area contributed by atoms with Gasteiger partial charge in [-0.15, -0.1) is 4.91 Å². The van der Waals surface area contributed by atoms with Gasteiger partial charge in [0.15, 0.2) is 0 Å². The van der Waals surface area contributed by atoms with Gasteiger partial charge in [-0.2, -0.15) is 0 Å². The van der Waals surface area contributed by atoms with E-state index in [-0.39, 0.29) is 11.5 Å². The number of fused-ring (bicyclic) bond motifs is 5. The molecule has 0 heterocycles. The molecule has 0 radical (unpaired) electrons. The van der Waals surface area contributed by atoms with Crippen LogP contribution in [0.15, 0.2) is 23.4 Å². The van der Waals surface area contributed by atoms with Gasteiger partial charge in [0.1, 0.15) is 5.69 Å². The van der Waals surface area contributed by atoms with Gasteiger partial charge in [0.05, 0.1) is 6.10 Å². The summed E-state index contributed by atoms with van der Waals surface area (Å²) in [5.74, 6) is 2.00. The number of nitroso groups, excluding NO2 is 1. The molecule has 0 bridgehead atoms. The molecular weight excluding hydrogens is 262 g/mol. The SMILES string of the molecule is CC12CCC3c4ccc(N=O)cc4CCC3C1CCC2O. The molecule has 3 aliphatic rings. The second-order valence-corrected chi connectivity index (χ2v) is 7.53. The lowest BCUT2D eigenvalue weighted by Gasteiger charge is -2.50. The van der Waals surface area contributed by atoms with Crippen LogP contribution in [-0.2, 0) is 6.42 Å². The molecule has 0 aliphatic heterocycles. The molecular formula is C18H23NO2. The summed E-state index contributed by atoms with van der Waals surface area (Å²) in [4.78, 5) is 10.7. The van der Waals surface area contributed by atoms with Crippen molar-refractivity contribution >= 4 is 5.69 Å². The molecule has 5 atom stereocenters. The summed E-state index contributed by atoms with van der Waals surface area (Å²) >= 11 is 0. The van der Waals surface area contributed by atoms with E-state index in [1.807, 2.05) is 12.1 Å². The van der Waals surface area contributed by atoms with Crippen LogP contribution in [0.5, 0.6) is 0 Å². The lowest BCUT2D eigenvalue weighted by atomic mass is 9.55. The van der Waals surface area contributed by atoms with Gasteiger partial charge >= 0.3 is 0 Å². The Morgan fingerprint density at radius 3 is 2.90 bits per heavy atom. The van der Waals surface area contributed by atoms with E-state index in [9.17, 15) is 10.0 Å². The van der Waals surface area contributed by atoms with Gasteiger partial charge in [-0.05, 0) is 90.1 Å². The van der Waals surface area contributed by atoms with Gasteiger partial charge < -0.3 is 5.11 Å². The van der Waals surface area contributed by atoms with Crippen LogP contribution in [0.4, 0.5) is 5.69 Å². The Labute approximate surface area is 125 Å². The molecule has 1 aromatic carbocycles. The van der Waals surface area contributed by atoms with E-state index in [1.165, 1.54) is 30.4 Å². The predicted octanol–water partition coefficient (Wildman–Crippen LogP) is 4.30. The summed E-state index contributed by atoms with van der Waals surface area (Å²) in [7, 11) is 0. The fourth-order valence-electron chi connectivity index (χ4n) is 5.60. The molecule has 3 nitrogen and oxygen atoms in total. The Balaban J connectivity index is 1.70. The quantitative estimate of drug-likeness (QED) is 0.782. The minimum Gasteiger partial charge on any atom is -0.393 e. The minimum absolute atomic E-state index is 0.105. The Hall–Kier alpha value is -1.22. The normalized spacial score (nSPS) is 41.0. The molecule has 2 fully saturated rings. The molecule has 0 amide bonds. The maximum Gasteiger partial charge on any atom is 0.108 e. The van der Waals surface area contributed by atoms with E-state index in [4.69, 9.17) is 0 Å². The fraction of sp³-hybridized carbons (Fsp3) is 0.667. The smallest absolute Gasteiger partial charge is 0.108 e. The van der Waals surface area contributed by atoms with Crippen LogP contribution in [0.25, 0.3) is 0 Å². The standard InChI is InChI=1S/C18H23NO2/c1-18-9-8-14-13-5-3-12(19-21)10-11(13)2-4-15(14)16(18)6-7-17(18)20/h3,5,10,14-17,20H,2,4,6-9H2,1H3. The van der Waals surface area contributed by atoms with Crippen molar-refractivity contribution in [2.45, 2.75) is 57.5 Å². The van der Waals surface area contributed by atoms with Crippen LogP contribution in [0.3, 0.4) is 0 Å². The lowest BCUT2D eigenvalue weighted by molar-refractivity contribution is -0.0226. The summed E-state index contributed by atoms with van der Waals surface area (Å²) in [5, 5.41) is 13.5. The number of hydrogen-bond acceptors (Lipinski definition) is 3. The zero-order valence-electron chi connectivity index (χ0n) is 12.6. The highest BCUT2D eigenvalue weighted by Gasteiger charge is 2.54. The maximum absolute atomic E-state index is 10.7. The van der Waals surface area contributed by atoms with Crippen LogP contribution in [-0.4, -0.2) is 11.2 Å². The minimum atomic E-state index is -0.105. The molecule has 1 aromatic rings. The summed E-state index contributed by atoms with van der Waals surface area (Å²) in [5.41, 5.74) is 3.48. The number of aryl methyl sites for hydroxylation is 1. The van der Waals surface area contributed by atoms with Gasteiger partial charge in [0.25, 0.3) is 0 Å². The van der Waals surface area contributed by atoms with Crippen molar-refractivity contribution in [1.29, 1.82) is 0 Å². The lowest BCUT2D eigenvalue weighted by Crippen LogP contribution is -2.43. The number of nitrogens with zero attached hydrogens (tertiary/aromatic N) is 1. The average Bonchev–Trinajstić information content (AvgIpc) is 2.82. The third-order valence-corrected chi connectivity index (χ3v) is 6.77. The number of aliphatic hydroxyl groups is 1. The first-order valence-electron chi connectivity index (χ1n) is 8.28. The molecule has 112 valence electrons. The van der Waals surface area contributed by atoms with Crippen LogP contribution in [0, 0.1) is 22.2 Å². The highest BCUT2D eigenvalue weighted by atomic mass is 16.3. The number of hydrogen-bond donors (Lipinski definition) is 1. The first-order valence-corrected chi connectivity index (χ1v) is 8.28. The molecule has 4 rings (SSSR count). The molecule has 5 unspecified atom stereocenters. The summed E-state index contributed by atoms with van der Waals surface area (Å²) < 4.78 is 0.